The molecule has 2 aromatic rings. The molecular weight excluding hydrogens is 242 g/mol. The molecule has 0 spiro atoms. The molecule has 0 saturated heterocycles. The minimum absolute atomic E-state index is 0.0776. The molecule has 0 unspecified atom stereocenters. The number of anilines is 3. The zero-order chi connectivity index (χ0) is 14.0. The predicted octanol–water partition coefficient (Wildman–Crippen LogP) is 3.54. The lowest BCUT2D eigenvalue weighted by Crippen LogP contribution is -1.98. The SMILES string of the molecule is Cc1ccc(Nc2ccc([N+](=O)[O-])c(N)c2)c(C)c1. The standard InChI is InChI=1S/C14H15N3O2/c1-9-3-5-13(10(2)7-9)16-11-4-6-14(17(18)19)12(15)8-11/h3-8,16H,15H2,1-2H3. The third kappa shape index (κ3) is 2.82. The first kappa shape index (κ1) is 12.9. The first-order valence-electron chi connectivity index (χ1n) is 5.85. The summed E-state index contributed by atoms with van der Waals surface area (Å²) in [5.74, 6) is 0. The van der Waals surface area contributed by atoms with Crippen LogP contribution in [0, 0.1) is 24.0 Å². The van der Waals surface area contributed by atoms with Crippen LogP contribution in [0.5, 0.6) is 0 Å². The van der Waals surface area contributed by atoms with Gasteiger partial charge in [0.1, 0.15) is 5.69 Å². The summed E-state index contributed by atoms with van der Waals surface area (Å²) in [6, 6.07) is 10.7. The second kappa shape index (κ2) is 4.97. The molecule has 0 heterocycles. The van der Waals surface area contributed by atoms with Crippen LogP contribution in [0.1, 0.15) is 11.1 Å². The summed E-state index contributed by atoms with van der Waals surface area (Å²) in [4.78, 5) is 10.2. The van der Waals surface area contributed by atoms with E-state index in [0.717, 1.165) is 16.9 Å². The maximum absolute atomic E-state index is 10.7. The Morgan fingerprint density at radius 3 is 2.47 bits per heavy atom. The zero-order valence-electron chi connectivity index (χ0n) is 10.8. The number of nitro groups is 1. The van der Waals surface area contributed by atoms with E-state index >= 15 is 0 Å². The fourth-order valence-corrected chi connectivity index (χ4v) is 1.91. The molecule has 19 heavy (non-hydrogen) atoms. The molecule has 0 radical (unpaired) electrons. The number of nitrogens with zero attached hydrogens (tertiary/aromatic N) is 1. The smallest absolute Gasteiger partial charge is 0.292 e. The van der Waals surface area contributed by atoms with E-state index in [1.165, 1.54) is 11.6 Å². The first-order valence-corrected chi connectivity index (χ1v) is 5.85. The van der Waals surface area contributed by atoms with E-state index in [1.807, 2.05) is 26.0 Å². The van der Waals surface area contributed by atoms with Gasteiger partial charge in [-0.1, -0.05) is 17.7 Å². The van der Waals surface area contributed by atoms with Crippen LogP contribution < -0.4 is 11.1 Å². The van der Waals surface area contributed by atoms with E-state index in [4.69, 9.17) is 5.73 Å². The van der Waals surface area contributed by atoms with Crippen molar-refractivity contribution in [2.24, 2.45) is 0 Å². The van der Waals surface area contributed by atoms with E-state index in [9.17, 15) is 10.1 Å². The third-order valence-corrected chi connectivity index (χ3v) is 2.89. The number of benzene rings is 2. The molecular formula is C14H15N3O2. The van der Waals surface area contributed by atoms with Crippen molar-refractivity contribution in [2.45, 2.75) is 13.8 Å². The lowest BCUT2D eigenvalue weighted by molar-refractivity contribution is -0.383. The summed E-state index contributed by atoms with van der Waals surface area (Å²) in [5, 5.41) is 13.9. The molecule has 0 fully saturated rings. The Bertz CT molecular complexity index is 639. The van der Waals surface area contributed by atoms with Gasteiger partial charge in [0, 0.05) is 17.4 Å². The number of nitro benzene ring substituents is 1. The largest absolute Gasteiger partial charge is 0.393 e. The van der Waals surface area contributed by atoms with Crippen molar-refractivity contribution in [2.75, 3.05) is 11.1 Å². The van der Waals surface area contributed by atoms with Gasteiger partial charge in [-0.3, -0.25) is 10.1 Å². The molecule has 3 N–H and O–H groups in total. The molecule has 0 aromatic heterocycles. The van der Waals surface area contributed by atoms with Crippen molar-refractivity contribution in [1.82, 2.24) is 0 Å². The summed E-state index contributed by atoms with van der Waals surface area (Å²) in [5.41, 5.74) is 9.71. The van der Waals surface area contributed by atoms with Crippen LogP contribution in [0.4, 0.5) is 22.7 Å². The van der Waals surface area contributed by atoms with Crippen molar-refractivity contribution in [1.29, 1.82) is 0 Å². The minimum Gasteiger partial charge on any atom is -0.393 e. The second-order valence-electron chi connectivity index (χ2n) is 4.47. The first-order chi connectivity index (χ1) is 8.97. The summed E-state index contributed by atoms with van der Waals surface area (Å²) < 4.78 is 0. The molecule has 0 aliphatic heterocycles. The third-order valence-electron chi connectivity index (χ3n) is 2.89. The molecule has 0 aliphatic rings. The van der Waals surface area contributed by atoms with Gasteiger partial charge < -0.3 is 11.1 Å². The van der Waals surface area contributed by atoms with Gasteiger partial charge in [0.2, 0.25) is 0 Å². The fraction of sp³-hybridized carbons (Fsp3) is 0.143. The molecule has 98 valence electrons. The summed E-state index contributed by atoms with van der Waals surface area (Å²) in [6.45, 7) is 4.03. The predicted molar refractivity (Wildman–Crippen MR) is 76.7 cm³/mol. The average molecular weight is 257 g/mol. The lowest BCUT2D eigenvalue weighted by Gasteiger charge is -2.10. The second-order valence-corrected chi connectivity index (χ2v) is 4.47. The molecule has 0 amide bonds. The van der Waals surface area contributed by atoms with Crippen LogP contribution in [0.3, 0.4) is 0 Å². The Morgan fingerprint density at radius 2 is 1.89 bits per heavy atom. The van der Waals surface area contributed by atoms with Crippen molar-refractivity contribution in [3.63, 3.8) is 0 Å². The van der Waals surface area contributed by atoms with Gasteiger partial charge in [-0.25, -0.2) is 0 Å². The monoisotopic (exact) mass is 257 g/mol. The van der Waals surface area contributed by atoms with E-state index in [0.29, 0.717) is 0 Å². The average Bonchev–Trinajstić information content (AvgIpc) is 2.32. The number of hydrogen-bond donors (Lipinski definition) is 2. The van der Waals surface area contributed by atoms with Crippen molar-refractivity contribution < 1.29 is 4.92 Å². The van der Waals surface area contributed by atoms with Crippen LogP contribution in [-0.4, -0.2) is 4.92 Å². The van der Waals surface area contributed by atoms with Gasteiger partial charge in [-0.05, 0) is 37.6 Å². The topological polar surface area (TPSA) is 81.2 Å². The number of aryl methyl sites for hydroxylation is 2. The van der Waals surface area contributed by atoms with Gasteiger partial charge in [-0.15, -0.1) is 0 Å². The van der Waals surface area contributed by atoms with Crippen molar-refractivity contribution in [3.8, 4) is 0 Å². The highest BCUT2D eigenvalue weighted by atomic mass is 16.6. The Kier molecular flexibility index (Phi) is 3.37. The van der Waals surface area contributed by atoms with E-state index in [2.05, 4.69) is 11.4 Å². The molecule has 5 nitrogen and oxygen atoms in total. The van der Waals surface area contributed by atoms with Crippen LogP contribution in [0.2, 0.25) is 0 Å². The summed E-state index contributed by atoms with van der Waals surface area (Å²) in [7, 11) is 0. The molecule has 2 aromatic carbocycles. The maximum atomic E-state index is 10.7. The van der Waals surface area contributed by atoms with Crippen molar-refractivity contribution in [3.05, 3.63) is 57.6 Å². The van der Waals surface area contributed by atoms with Crippen LogP contribution in [0.15, 0.2) is 36.4 Å². The fourth-order valence-electron chi connectivity index (χ4n) is 1.91. The normalized spacial score (nSPS) is 10.2. The van der Waals surface area contributed by atoms with Crippen LogP contribution in [-0.2, 0) is 0 Å². The zero-order valence-corrected chi connectivity index (χ0v) is 10.8. The number of nitrogen functional groups attached to an aromatic ring is 1. The van der Waals surface area contributed by atoms with Crippen LogP contribution in [0.25, 0.3) is 0 Å². The minimum atomic E-state index is -0.490. The number of nitrogens with one attached hydrogen (secondary N) is 1. The highest BCUT2D eigenvalue weighted by Crippen LogP contribution is 2.27. The molecule has 5 heteroatoms. The highest BCUT2D eigenvalue weighted by Gasteiger charge is 2.11. The Balaban J connectivity index is 2.29. The van der Waals surface area contributed by atoms with E-state index in [-0.39, 0.29) is 11.4 Å². The van der Waals surface area contributed by atoms with E-state index in [1.54, 1.807) is 12.1 Å². The molecule has 0 bridgehead atoms. The highest BCUT2D eigenvalue weighted by molar-refractivity contribution is 5.71. The Morgan fingerprint density at radius 1 is 1.16 bits per heavy atom. The van der Waals surface area contributed by atoms with Crippen molar-refractivity contribution >= 4 is 22.7 Å². The molecule has 0 saturated carbocycles. The van der Waals surface area contributed by atoms with E-state index < -0.39 is 4.92 Å². The number of rotatable bonds is 3. The van der Waals surface area contributed by atoms with Gasteiger partial charge in [0.15, 0.2) is 0 Å². The molecule has 0 aliphatic carbocycles. The number of hydrogen-bond acceptors (Lipinski definition) is 4. The lowest BCUT2D eigenvalue weighted by atomic mass is 10.1. The Hall–Kier alpha value is -2.56. The Labute approximate surface area is 111 Å². The molecule has 2 rings (SSSR count). The summed E-state index contributed by atoms with van der Waals surface area (Å²) >= 11 is 0. The van der Waals surface area contributed by atoms with Gasteiger partial charge in [0.05, 0.1) is 4.92 Å². The maximum Gasteiger partial charge on any atom is 0.292 e. The summed E-state index contributed by atoms with van der Waals surface area (Å²) in [6.07, 6.45) is 0. The van der Waals surface area contributed by atoms with Crippen LogP contribution >= 0.6 is 0 Å². The quantitative estimate of drug-likeness (QED) is 0.500. The van der Waals surface area contributed by atoms with Gasteiger partial charge in [-0.2, -0.15) is 0 Å². The molecule has 0 atom stereocenters. The van der Waals surface area contributed by atoms with Gasteiger partial charge in [0.25, 0.3) is 5.69 Å². The number of nitrogens with two attached hydrogens (primary N) is 1. The van der Waals surface area contributed by atoms with Gasteiger partial charge >= 0.3 is 0 Å².